The molecule has 35 heavy (non-hydrogen) atoms. The first-order valence-corrected chi connectivity index (χ1v) is 11.0. The number of benzene rings is 3. The number of amides is 3. The number of hydrogen-bond acceptors (Lipinski definition) is 5. The Balaban J connectivity index is 1.55. The molecule has 0 spiro atoms. The number of rotatable bonds is 9. The van der Waals surface area contributed by atoms with Crippen LogP contribution in [-0.4, -0.2) is 37.8 Å². The van der Waals surface area contributed by atoms with Gasteiger partial charge < -0.3 is 14.8 Å². The normalized spacial score (nSPS) is 14.8. The van der Waals surface area contributed by atoms with E-state index in [1.54, 1.807) is 0 Å². The molecule has 1 saturated heterocycles. The van der Waals surface area contributed by atoms with Gasteiger partial charge in [-0.2, -0.15) is 0 Å². The highest BCUT2D eigenvalue weighted by Crippen LogP contribution is 2.29. The van der Waals surface area contributed by atoms with Gasteiger partial charge in [-0.25, -0.2) is 14.0 Å². The number of halogens is 1. The summed E-state index contributed by atoms with van der Waals surface area (Å²) in [5, 5.41) is 2.46. The Bertz CT molecular complexity index is 1180. The van der Waals surface area contributed by atoms with Gasteiger partial charge in [0, 0.05) is 0 Å². The van der Waals surface area contributed by atoms with E-state index in [0.717, 1.165) is 11.1 Å². The molecule has 0 bridgehead atoms. The number of cyclic esters (lactones) is 1. The van der Waals surface area contributed by atoms with Crippen molar-refractivity contribution in [3.8, 4) is 0 Å². The molecular weight excluding hydrogens is 453 g/mol. The number of nitrogens with one attached hydrogen (secondary N) is 1. The first kappa shape index (κ1) is 23.7. The fourth-order valence-corrected chi connectivity index (χ4v) is 3.71. The molecule has 1 N–H and O–H groups in total. The van der Waals surface area contributed by atoms with E-state index in [1.807, 2.05) is 60.7 Å². The minimum absolute atomic E-state index is 0.0161. The third kappa shape index (κ3) is 5.94. The Hall–Kier alpha value is -4.40. The summed E-state index contributed by atoms with van der Waals surface area (Å²) in [6.07, 6.45) is -1.37. The van der Waals surface area contributed by atoms with Crippen LogP contribution in [0.15, 0.2) is 78.9 Å². The highest BCUT2D eigenvalue weighted by molar-refractivity contribution is 5.91. The predicted molar refractivity (Wildman–Crippen MR) is 127 cm³/mol. The van der Waals surface area contributed by atoms with Gasteiger partial charge in [-0.15, -0.1) is 0 Å². The van der Waals surface area contributed by atoms with Crippen molar-refractivity contribution in [2.75, 3.05) is 22.9 Å². The maximum absolute atomic E-state index is 15.3. The second kappa shape index (κ2) is 11.1. The van der Waals surface area contributed by atoms with E-state index < -0.39 is 24.1 Å². The van der Waals surface area contributed by atoms with Gasteiger partial charge in [0.05, 0.1) is 31.0 Å². The van der Waals surface area contributed by atoms with E-state index in [0.29, 0.717) is 6.41 Å². The van der Waals surface area contributed by atoms with Crippen LogP contribution in [0.25, 0.3) is 0 Å². The zero-order valence-electron chi connectivity index (χ0n) is 18.8. The van der Waals surface area contributed by atoms with Crippen LogP contribution < -0.4 is 15.1 Å². The summed E-state index contributed by atoms with van der Waals surface area (Å²) in [4.78, 5) is 38.2. The molecule has 3 amide bonds. The van der Waals surface area contributed by atoms with Crippen LogP contribution in [0.5, 0.6) is 0 Å². The molecule has 1 fully saturated rings. The molecule has 0 saturated carbocycles. The average molecular weight is 477 g/mol. The third-order valence-corrected chi connectivity index (χ3v) is 5.45. The summed E-state index contributed by atoms with van der Waals surface area (Å²) >= 11 is 0. The average Bonchev–Trinajstić information content (AvgIpc) is 3.26. The van der Waals surface area contributed by atoms with Crippen molar-refractivity contribution in [2.45, 2.75) is 19.3 Å². The van der Waals surface area contributed by atoms with Crippen LogP contribution in [0, 0.1) is 5.82 Å². The van der Waals surface area contributed by atoms with Crippen LogP contribution in [0.2, 0.25) is 0 Å². The Kier molecular flexibility index (Phi) is 7.57. The maximum Gasteiger partial charge on any atom is 0.415 e. The van der Waals surface area contributed by atoms with E-state index >= 15 is 4.39 Å². The summed E-state index contributed by atoms with van der Waals surface area (Å²) in [6.45, 7) is 0.451. The zero-order valence-corrected chi connectivity index (χ0v) is 18.8. The lowest BCUT2D eigenvalue weighted by Crippen LogP contribution is -2.32. The maximum atomic E-state index is 15.3. The summed E-state index contributed by atoms with van der Waals surface area (Å²) in [5.41, 5.74) is 1.90. The van der Waals surface area contributed by atoms with E-state index in [9.17, 15) is 14.4 Å². The predicted octanol–water partition coefficient (Wildman–Crippen LogP) is 4.24. The number of nitrogens with zero attached hydrogens (tertiary/aromatic N) is 2. The van der Waals surface area contributed by atoms with Gasteiger partial charge in [-0.05, 0) is 29.3 Å². The van der Waals surface area contributed by atoms with Crippen molar-refractivity contribution in [1.82, 2.24) is 5.32 Å². The van der Waals surface area contributed by atoms with Crippen molar-refractivity contribution < 1.29 is 28.2 Å². The van der Waals surface area contributed by atoms with Gasteiger partial charge in [0.15, 0.2) is 0 Å². The highest BCUT2D eigenvalue weighted by atomic mass is 19.1. The van der Waals surface area contributed by atoms with Gasteiger partial charge >= 0.3 is 12.2 Å². The molecule has 1 aliphatic heterocycles. The largest absolute Gasteiger partial charge is 0.444 e. The van der Waals surface area contributed by atoms with Gasteiger partial charge in [0.25, 0.3) is 0 Å². The number of anilines is 2. The molecule has 1 heterocycles. The standard InChI is InChI=1S/C26H24FN3O5/c27-23-13-21(29-16-22(14-28-18-31)35-26(29)33)11-12-24(23)30(15-19-7-3-1-4-8-19)25(32)34-17-20-9-5-2-6-10-20/h1-13,18,22H,14-17H2,(H,28,31)/t22-/m0/s1. The Morgan fingerprint density at radius 2 is 1.77 bits per heavy atom. The first-order chi connectivity index (χ1) is 17.0. The van der Waals surface area contributed by atoms with E-state index in [-0.39, 0.29) is 37.6 Å². The molecule has 3 aromatic rings. The van der Waals surface area contributed by atoms with Crippen molar-refractivity contribution in [3.05, 3.63) is 95.8 Å². The molecule has 180 valence electrons. The fourth-order valence-electron chi connectivity index (χ4n) is 3.71. The van der Waals surface area contributed by atoms with Crippen molar-refractivity contribution in [1.29, 1.82) is 0 Å². The first-order valence-electron chi connectivity index (χ1n) is 11.0. The molecule has 0 aromatic heterocycles. The molecular formula is C26H24FN3O5. The molecule has 4 rings (SSSR count). The Morgan fingerprint density at radius 1 is 1.09 bits per heavy atom. The molecule has 1 atom stereocenters. The second-order valence-corrected chi connectivity index (χ2v) is 7.89. The van der Waals surface area contributed by atoms with Crippen molar-refractivity contribution in [3.63, 3.8) is 0 Å². The van der Waals surface area contributed by atoms with E-state index in [2.05, 4.69) is 5.32 Å². The van der Waals surface area contributed by atoms with Gasteiger partial charge in [0.1, 0.15) is 18.5 Å². The summed E-state index contributed by atoms with van der Waals surface area (Å²) in [6, 6.07) is 22.5. The SMILES string of the molecule is O=CNC[C@H]1CN(c2ccc(N(Cc3ccccc3)C(=O)OCc3ccccc3)c(F)c2)C(=O)O1. The molecule has 0 aliphatic carbocycles. The molecule has 1 aliphatic rings. The molecule has 9 heteroatoms. The summed E-state index contributed by atoms with van der Waals surface area (Å²) < 4.78 is 26.0. The van der Waals surface area contributed by atoms with Crippen molar-refractivity contribution in [2.24, 2.45) is 0 Å². The number of carbonyl (C=O) groups excluding carboxylic acids is 3. The lowest BCUT2D eigenvalue weighted by molar-refractivity contribution is -0.109. The van der Waals surface area contributed by atoms with Crippen LogP contribution in [-0.2, 0) is 27.4 Å². The third-order valence-electron chi connectivity index (χ3n) is 5.45. The highest BCUT2D eigenvalue weighted by Gasteiger charge is 2.33. The van der Waals surface area contributed by atoms with Crippen LogP contribution in [0.1, 0.15) is 11.1 Å². The topological polar surface area (TPSA) is 88.2 Å². The number of carbonyl (C=O) groups is 3. The van der Waals surface area contributed by atoms with Crippen LogP contribution in [0.4, 0.5) is 25.4 Å². The van der Waals surface area contributed by atoms with Gasteiger partial charge in [-0.3, -0.25) is 14.6 Å². The van der Waals surface area contributed by atoms with E-state index in [4.69, 9.17) is 9.47 Å². The molecule has 8 nitrogen and oxygen atoms in total. The zero-order chi connectivity index (χ0) is 24.6. The van der Waals surface area contributed by atoms with Crippen molar-refractivity contribution >= 4 is 30.0 Å². The lowest BCUT2D eigenvalue weighted by atomic mass is 10.2. The Labute approximate surface area is 201 Å². The quantitative estimate of drug-likeness (QED) is 0.466. The smallest absolute Gasteiger partial charge is 0.415 e. The van der Waals surface area contributed by atoms with E-state index in [1.165, 1.54) is 28.0 Å². The molecule has 0 radical (unpaired) electrons. The molecule has 0 unspecified atom stereocenters. The monoisotopic (exact) mass is 477 g/mol. The summed E-state index contributed by atoms with van der Waals surface area (Å²) in [7, 11) is 0. The second-order valence-electron chi connectivity index (χ2n) is 7.89. The van der Waals surface area contributed by atoms with Gasteiger partial charge in [0.2, 0.25) is 6.41 Å². The summed E-state index contributed by atoms with van der Waals surface area (Å²) in [5.74, 6) is -0.697. The lowest BCUT2D eigenvalue weighted by Gasteiger charge is -2.24. The minimum Gasteiger partial charge on any atom is -0.444 e. The van der Waals surface area contributed by atoms with Crippen LogP contribution >= 0.6 is 0 Å². The molecule has 3 aromatic carbocycles. The Morgan fingerprint density at radius 3 is 2.43 bits per heavy atom. The number of ether oxygens (including phenoxy) is 2. The minimum atomic E-state index is -0.704. The van der Waals surface area contributed by atoms with Crippen LogP contribution in [0.3, 0.4) is 0 Å². The van der Waals surface area contributed by atoms with Gasteiger partial charge in [-0.1, -0.05) is 60.7 Å². The number of hydrogen-bond donors (Lipinski definition) is 1. The fraction of sp³-hybridized carbons (Fsp3) is 0.192.